The van der Waals surface area contributed by atoms with Crippen molar-refractivity contribution >= 4 is 23.3 Å². The smallest absolute Gasteiger partial charge is 0.284 e. The number of rotatable bonds is 1. The lowest BCUT2D eigenvalue weighted by Gasteiger charge is -2.17. The highest BCUT2D eigenvalue weighted by molar-refractivity contribution is 7.11. The van der Waals surface area contributed by atoms with Gasteiger partial charge in [-0.05, 0) is 13.8 Å². The highest BCUT2D eigenvalue weighted by Crippen LogP contribution is 2.32. The Balaban J connectivity index is 2.13. The van der Waals surface area contributed by atoms with E-state index in [2.05, 4.69) is 43.7 Å². The number of benzene rings is 1. The maximum absolute atomic E-state index is 6.02. The van der Waals surface area contributed by atoms with E-state index in [0.717, 1.165) is 11.3 Å². The minimum atomic E-state index is 0.114. The number of aromatic nitrogens is 1. The second-order valence-corrected chi connectivity index (χ2v) is 5.81. The summed E-state index contributed by atoms with van der Waals surface area (Å²) in [5.74, 6) is 0.946. The first-order valence-electron chi connectivity index (χ1n) is 6.12. The molecule has 92 valence electrons. The van der Waals surface area contributed by atoms with Gasteiger partial charge in [0.1, 0.15) is 0 Å². The zero-order chi connectivity index (χ0) is 12.7. The highest BCUT2D eigenvalue weighted by atomic mass is 32.1. The van der Waals surface area contributed by atoms with Crippen LogP contribution in [0.2, 0.25) is 0 Å². The fraction of sp³-hybridized carbons (Fsp3) is 0.267. The normalized spacial score (nSPS) is 17.9. The third kappa shape index (κ3) is 1.75. The maximum Gasteiger partial charge on any atom is 0.284 e. The van der Waals surface area contributed by atoms with Crippen molar-refractivity contribution in [1.82, 2.24) is 0 Å². The van der Waals surface area contributed by atoms with Gasteiger partial charge in [-0.25, -0.2) is 0 Å². The molecule has 0 bridgehead atoms. The fourth-order valence-electron chi connectivity index (χ4n) is 2.19. The van der Waals surface area contributed by atoms with Gasteiger partial charge >= 0.3 is 0 Å². The molecule has 1 aromatic carbocycles. The Hall–Kier alpha value is -1.61. The molecule has 3 heteroatoms. The minimum absolute atomic E-state index is 0.114. The standard InChI is InChI=1S/C15H16NOS/c1-10-12(3)18-15-11(2)17-14(9-16(10)15)13-7-5-4-6-8-13/h4-9,11H,1-3H3/q+1. The van der Waals surface area contributed by atoms with Crippen LogP contribution in [-0.4, -0.2) is 0 Å². The van der Waals surface area contributed by atoms with Crippen LogP contribution in [-0.2, 0) is 4.74 Å². The van der Waals surface area contributed by atoms with Crippen molar-refractivity contribution in [2.24, 2.45) is 0 Å². The molecular weight excluding hydrogens is 242 g/mol. The average Bonchev–Trinajstić information content (AvgIpc) is 2.68. The van der Waals surface area contributed by atoms with Crippen LogP contribution in [0.5, 0.6) is 0 Å². The summed E-state index contributed by atoms with van der Waals surface area (Å²) in [5.41, 5.74) is 2.43. The topological polar surface area (TPSA) is 13.1 Å². The van der Waals surface area contributed by atoms with E-state index in [0.29, 0.717) is 0 Å². The molecule has 0 amide bonds. The predicted molar refractivity (Wildman–Crippen MR) is 74.1 cm³/mol. The van der Waals surface area contributed by atoms with Crippen LogP contribution < -0.4 is 4.57 Å². The van der Waals surface area contributed by atoms with Crippen LogP contribution >= 0.6 is 11.3 Å². The molecule has 1 unspecified atom stereocenters. The molecule has 2 nitrogen and oxygen atoms in total. The zero-order valence-electron chi connectivity index (χ0n) is 10.8. The molecule has 0 aliphatic carbocycles. The van der Waals surface area contributed by atoms with Crippen molar-refractivity contribution in [3.63, 3.8) is 0 Å². The quantitative estimate of drug-likeness (QED) is 0.711. The predicted octanol–water partition coefficient (Wildman–Crippen LogP) is 3.70. The summed E-state index contributed by atoms with van der Waals surface area (Å²) >= 11 is 1.82. The number of ether oxygens (including phenoxy) is 1. The van der Waals surface area contributed by atoms with Crippen LogP contribution in [0.15, 0.2) is 30.3 Å². The van der Waals surface area contributed by atoms with Crippen molar-refractivity contribution in [2.45, 2.75) is 26.9 Å². The lowest BCUT2D eigenvalue weighted by atomic mass is 10.2. The highest BCUT2D eigenvalue weighted by Gasteiger charge is 2.32. The largest absolute Gasteiger partial charge is 0.472 e. The minimum Gasteiger partial charge on any atom is -0.472 e. The van der Waals surface area contributed by atoms with Gasteiger partial charge in [-0.3, -0.25) is 0 Å². The van der Waals surface area contributed by atoms with Crippen molar-refractivity contribution in [3.8, 4) is 0 Å². The second-order valence-electron chi connectivity index (χ2n) is 4.57. The Bertz CT molecular complexity index is 613. The number of nitrogens with zero attached hydrogens (tertiary/aromatic N) is 1. The summed E-state index contributed by atoms with van der Waals surface area (Å²) in [7, 11) is 0. The monoisotopic (exact) mass is 258 g/mol. The fourth-order valence-corrected chi connectivity index (χ4v) is 3.25. The van der Waals surface area contributed by atoms with E-state index in [1.807, 2.05) is 29.5 Å². The van der Waals surface area contributed by atoms with Gasteiger partial charge in [0.25, 0.3) is 5.01 Å². The summed E-state index contributed by atoms with van der Waals surface area (Å²) in [4.78, 5) is 1.35. The van der Waals surface area contributed by atoms with E-state index in [9.17, 15) is 0 Å². The van der Waals surface area contributed by atoms with Gasteiger partial charge in [0.15, 0.2) is 17.6 Å². The van der Waals surface area contributed by atoms with Crippen LogP contribution in [0.3, 0.4) is 0 Å². The summed E-state index contributed by atoms with van der Waals surface area (Å²) in [6.45, 7) is 6.43. The van der Waals surface area contributed by atoms with Crippen molar-refractivity contribution in [2.75, 3.05) is 0 Å². The maximum atomic E-state index is 6.02. The number of fused-ring (bicyclic) bond motifs is 1. The second kappa shape index (κ2) is 4.25. The summed E-state index contributed by atoms with van der Waals surface area (Å²) in [5, 5.41) is 1.27. The molecule has 0 radical (unpaired) electrons. The Morgan fingerprint density at radius 3 is 2.61 bits per heavy atom. The molecule has 0 saturated carbocycles. The Labute approximate surface area is 111 Å². The van der Waals surface area contributed by atoms with Gasteiger partial charge in [0, 0.05) is 12.5 Å². The van der Waals surface area contributed by atoms with Gasteiger partial charge in [-0.15, -0.1) is 0 Å². The van der Waals surface area contributed by atoms with E-state index in [1.54, 1.807) is 0 Å². The SMILES string of the molecule is Cc1sc2[n+](c1C)C=C(c1ccccc1)OC2C. The van der Waals surface area contributed by atoms with Crippen LogP contribution in [0.4, 0.5) is 0 Å². The zero-order valence-corrected chi connectivity index (χ0v) is 11.6. The first-order chi connectivity index (χ1) is 8.66. The lowest BCUT2D eigenvalue weighted by molar-refractivity contribution is -0.586. The molecule has 1 aliphatic rings. The average molecular weight is 258 g/mol. The molecule has 0 spiro atoms. The Morgan fingerprint density at radius 2 is 1.89 bits per heavy atom. The van der Waals surface area contributed by atoms with Gasteiger partial charge in [0.2, 0.25) is 6.20 Å². The van der Waals surface area contributed by atoms with Gasteiger partial charge in [-0.1, -0.05) is 41.7 Å². The Morgan fingerprint density at radius 1 is 1.17 bits per heavy atom. The molecule has 2 aromatic rings. The molecule has 0 N–H and O–H groups in total. The van der Waals surface area contributed by atoms with Crippen LogP contribution in [0.25, 0.3) is 12.0 Å². The van der Waals surface area contributed by atoms with Crippen LogP contribution in [0, 0.1) is 13.8 Å². The van der Waals surface area contributed by atoms with E-state index >= 15 is 0 Å². The molecular formula is C15H16NOS+. The molecule has 0 fully saturated rings. The lowest BCUT2D eigenvalue weighted by Crippen LogP contribution is -2.36. The number of aryl methyl sites for hydroxylation is 1. The number of thiazole rings is 1. The van der Waals surface area contributed by atoms with Crippen LogP contribution in [0.1, 0.15) is 34.2 Å². The van der Waals surface area contributed by atoms with E-state index in [1.165, 1.54) is 15.6 Å². The molecule has 18 heavy (non-hydrogen) atoms. The van der Waals surface area contributed by atoms with Crippen molar-refractivity contribution in [3.05, 3.63) is 51.5 Å². The summed E-state index contributed by atoms with van der Waals surface area (Å²) in [6.07, 6.45) is 2.21. The van der Waals surface area contributed by atoms with Gasteiger partial charge in [0.05, 0.1) is 4.88 Å². The number of hydrogen-bond donors (Lipinski definition) is 0. The molecule has 3 rings (SSSR count). The summed E-state index contributed by atoms with van der Waals surface area (Å²) < 4.78 is 8.28. The Kier molecular flexibility index (Phi) is 2.71. The summed E-state index contributed by atoms with van der Waals surface area (Å²) in [6, 6.07) is 10.3. The first kappa shape index (κ1) is 11.5. The molecule has 1 aliphatic heterocycles. The third-order valence-electron chi connectivity index (χ3n) is 3.32. The molecule has 2 heterocycles. The number of hydrogen-bond acceptors (Lipinski definition) is 2. The van der Waals surface area contributed by atoms with E-state index < -0.39 is 0 Å². The van der Waals surface area contributed by atoms with Crippen molar-refractivity contribution < 1.29 is 9.30 Å². The molecule has 1 atom stereocenters. The van der Waals surface area contributed by atoms with E-state index in [-0.39, 0.29) is 6.10 Å². The van der Waals surface area contributed by atoms with Crippen molar-refractivity contribution in [1.29, 1.82) is 0 Å². The molecule has 1 aromatic heterocycles. The molecule has 0 saturated heterocycles. The van der Waals surface area contributed by atoms with Gasteiger partial charge < -0.3 is 4.74 Å². The van der Waals surface area contributed by atoms with Gasteiger partial charge in [-0.2, -0.15) is 4.57 Å². The third-order valence-corrected chi connectivity index (χ3v) is 4.66. The first-order valence-corrected chi connectivity index (χ1v) is 6.94. The van der Waals surface area contributed by atoms with E-state index in [4.69, 9.17) is 4.74 Å².